The molecule has 150 valence electrons. The number of carbonyl (C=O) groups is 1. The second kappa shape index (κ2) is 10.5. The van der Waals surface area contributed by atoms with E-state index in [1.165, 1.54) is 5.56 Å². The number of likely N-dealkylation sites (N-methyl/N-ethyl adjacent to an activating group) is 1. The molecule has 3 rings (SSSR count). The van der Waals surface area contributed by atoms with E-state index in [-0.39, 0.29) is 5.91 Å². The van der Waals surface area contributed by atoms with Crippen LogP contribution in [0.15, 0.2) is 78.0 Å². The Morgan fingerprint density at radius 3 is 2.48 bits per heavy atom. The van der Waals surface area contributed by atoms with Crippen LogP contribution in [0.1, 0.15) is 15.9 Å². The third-order valence-corrected chi connectivity index (χ3v) is 5.41. The molecule has 0 radical (unpaired) electrons. The second-order valence-corrected chi connectivity index (χ2v) is 7.45. The molecule has 0 N–H and O–H groups in total. The molecule has 0 saturated carbocycles. The summed E-state index contributed by atoms with van der Waals surface area (Å²) in [5.74, 6) is 2.17. The van der Waals surface area contributed by atoms with Gasteiger partial charge in [-0.1, -0.05) is 18.2 Å². The topological polar surface area (TPSA) is 51.7 Å². The SMILES string of the molecule is COc1ccccc1OCCN(C)C(=O)c1ccc(SCc2cccnc2)cc1. The van der Waals surface area contributed by atoms with Crippen molar-refractivity contribution in [2.75, 3.05) is 27.3 Å². The van der Waals surface area contributed by atoms with Crippen LogP contribution in [-0.4, -0.2) is 43.1 Å². The number of pyridine rings is 1. The Morgan fingerprint density at radius 2 is 1.79 bits per heavy atom. The summed E-state index contributed by atoms with van der Waals surface area (Å²) < 4.78 is 11.0. The van der Waals surface area contributed by atoms with Crippen LogP contribution in [-0.2, 0) is 5.75 Å². The van der Waals surface area contributed by atoms with Crippen LogP contribution < -0.4 is 9.47 Å². The normalized spacial score (nSPS) is 10.4. The third kappa shape index (κ3) is 5.99. The fourth-order valence-electron chi connectivity index (χ4n) is 2.70. The molecule has 1 heterocycles. The summed E-state index contributed by atoms with van der Waals surface area (Å²) in [6.07, 6.45) is 3.64. The largest absolute Gasteiger partial charge is 0.493 e. The van der Waals surface area contributed by atoms with Crippen molar-refractivity contribution >= 4 is 17.7 Å². The van der Waals surface area contributed by atoms with Crippen molar-refractivity contribution in [1.29, 1.82) is 0 Å². The Bertz CT molecular complexity index is 917. The number of thioether (sulfide) groups is 1. The molecule has 29 heavy (non-hydrogen) atoms. The highest BCUT2D eigenvalue weighted by molar-refractivity contribution is 7.98. The molecule has 6 heteroatoms. The Hall–Kier alpha value is -2.99. The molecule has 0 aliphatic heterocycles. The van der Waals surface area contributed by atoms with Crippen LogP contribution >= 0.6 is 11.8 Å². The lowest BCUT2D eigenvalue weighted by molar-refractivity contribution is 0.0773. The van der Waals surface area contributed by atoms with Gasteiger partial charge in [-0.25, -0.2) is 0 Å². The van der Waals surface area contributed by atoms with E-state index in [1.807, 2.05) is 60.8 Å². The summed E-state index contributed by atoms with van der Waals surface area (Å²) in [6.45, 7) is 0.871. The number of carbonyl (C=O) groups excluding carboxylic acids is 1. The number of aromatic nitrogens is 1. The van der Waals surface area contributed by atoms with Crippen LogP contribution in [0.25, 0.3) is 0 Å². The minimum atomic E-state index is -0.0302. The van der Waals surface area contributed by atoms with Crippen molar-refractivity contribution < 1.29 is 14.3 Å². The van der Waals surface area contributed by atoms with Crippen molar-refractivity contribution in [1.82, 2.24) is 9.88 Å². The first-order chi connectivity index (χ1) is 14.2. The van der Waals surface area contributed by atoms with Crippen LogP contribution in [0.4, 0.5) is 0 Å². The first kappa shape index (κ1) is 20.7. The van der Waals surface area contributed by atoms with Gasteiger partial charge < -0.3 is 14.4 Å². The van der Waals surface area contributed by atoms with Crippen molar-refractivity contribution in [2.45, 2.75) is 10.6 Å². The molecule has 3 aromatic rings. The van der Waals surface area contributed by atoms with Crippen molar-refractivity contribution in [2.24, 2.45) is 0 Å². The van der Waals surface area contributed by atoms with Gasteiger partial charge in [0.1, 0.15) is 6.61 Å². The molecule has 5 nitrogen and oxygen atoms in total. The standard InChI is InChI=1S/C23H24N2O3S/c1-25(14-15-28-22-8-4-3-7-21(22)27-2)23(26)19-9-11-20(12-10-19)29-17-18-6-5-13-24-16-18/h3-13,16H,14-15,17H2,1-2H3. The van der Waals surface area contributed by atoms with Crippen LogP contribution in [0.2, 0.25) is 0 Å². The Kier molecular flexibility index (Phi) is 7.53. The molecule has 0 fully saturated rings. The zero-order valence-corrected chi connectivity index (χ0v) is 17.4. The molecule has 0 aliphatic carbocycles. The number of hydrogen-bond donors (Lipinski definition) is 0. The van der Waals surface area contributed by atoms with Gasteiger partial charge in [-0.3, -0.25) is 9.78 Å². The summed E-state index contributed by atoms with van der Waals surface area (Å²) >= 11 is 1.72. The molecule has 1 aromatic heterocycles. The van der Waals surface area contributed by atoms with E-state index in [1.54, 1.807) is 37.0 Å². The maximum absolute atomic E-state index is 12.6. The van der Waals surface area contributed by atoms with Gasteiger partial charge in [0.05, 0.1) is 13.7 Å². The van der Waals surface area contributed by atoms with Gasteiger partial charge in [0.25, 0.3) is 5.91 Å². The monoisotopic (exact) mass is 408 g/mol. The smallest absolute Gasteiger partial charge is 0.253 e. The van der Waals surface area contributed by atoms with E-state index in [9.17, 15) is 4.79 Å². The summed E-state index contributed by atoms with van der Waals surface area (Å²) in [5.41, 5.74) is 1.84. The second-order valence-electron chi connectivity index (χ2n) is 6.40. The molecule has 0 bridgehead atoms. The van der Waals surface area contributed by atoms with Crippen molar-refractivity contribution in [3.8, 4) is 11.5 Å². The van der Waals surface area contributed by atoms with Gasteiger partial charge in [-0.2, -0.15) is 0 Å². The van der Waals surface area contributed by atoms with Crippen LogP contribution in [0, 0.1) is 0 Å². The lowest BCUT2D eigenvalue weighted by Gasteiger charge is -2.18. The molecule has 0 atom stereocenters. The van der Waals surface area contributed by atoms with Gasteiger partial charge in [0, 0.05) is 35.7 Å². The zero-order chi connectivity index (χ0) is 20.5. The van der Waals surface area contributed by atoms with Crippen LogP contribution in [0.5, 0.6) is 11.5 Å². The molecule has 1 amide bonds. The Morgan fingerprint density at radius 1 is 1.03 bits per heavy atom. The molecule has 2 aromatic carbocycles. The number of rotatable bonds is 9. The molecular weight excluding hydrogens is 384 g/mol. The van der Waals surface area contributed by atoms with Gasteiger partial charge in [-0.15, -0.1) is 11.8 Å². The van der Waals surface area contributed by atoms with E-state index < -0.39 is 0 Å². The summed E-state index contributed by atoms with van der Waals surface area (Å²) in [5, 5.41) is 0. The fourth-order valence-corrected chi connectivity index (χ4v) is 3.53. The van der Waals surface area contributed by atoms with Crippen molar-refractivity contribution in [3.63, 3.8) is 0 Å². The zero-order valence-electron chi connectivity index (χ0n) is 16.6. The van der Waals surface area contributed by atoms with E-state index in [0.29, 0.717) is 30.2 Å². The van der Waals surface area contributed by atoms with E-state index in [2.05, 4.69) is 11.1 Å². The Balaban J connectivity index is 1.49. The maximum atomic E-state index is 12.6. The molecule has 0 aliphatic rings. The first-order valence-corrected chi connectivity index (χ1v) is 10.3. The predicted octanol–water partition coefficient (Wildman–Crippen LogP) is 4.53. The number of para-hydroxylation sites is 2. The highest BCUT2D eigenvalue weighted by atomic mass is 32.2. The number of ether oxygens (including phenoxy) is 2. The van der Waals surface area contributed by atoms with Gasteiger partial charge in [0.15, 0.2) is 11.5 Å². The Labute approximate surface area is 175 Å². The van der Waals surface area contributed by atoms with Crippen molar-refractivity contribution in [3.05, 3.63) is 84.2 Å². The van der Waals surface area contributed by atoms with E-state index >= 15 is 0 Å². The van der Waals surface area contributed by atoms with Gasteiger partial charge in [0.2, 0.25) is 0 Å². The molecule has 0 spiro atoms. The average Bonchev–Trinajstić information content (AvgIpc) is 2.78. The van der Waals surface area contributed by atoms with Crippen LogP contribution in [0.3, 0.4) is 0 Å². The fraction of sp³-hybridized carbons (Fsp3) is 0.217. The molecule has 0 saturated heterocycles. The molecule has 0 unspecified atom stereocenters. The van der Waals surface area contributed by atoms with E-state index in [4.69, 9.17) is 9.47 Å². The predicted molar refractivity (Wildman–Crippen MR) is 116 cm³/mol. The summed E-state index contributed by atoms with van der Waals surface area (Å²) in [7, 11) is 3.38. The highest BCUT2D eigenvalue weighted by Crippen LogP contribution is 2.26. The summed E-state index contributed by atoms with van der Waals surface area (Å²) in [6, 6.07) is 19.2. The number of methoxy groups -OCH3 is 1. The highest BCUT2D eigenvalue weighted by Gasteiger charge is 2.12. The first-order valence-electron chi connectivity index (χ1n) is 9.30. The number of hydrogen-bond acceptors (Lipinski definition) is 5. The number of nitrogens with zero attached hydrogens (tertiary/aromatic N) is 2. The average molecular weight is 409 g/mol. The molecular formula is C23H24N2O3S. The minimum absolute atomic E-state index is 0.0302. The number of benzene rings is 2. The van der Waals surface area contributed by atoms with Gasteiger partial charge in [-0.05, 0) is 48.0 Å². The summed E-state index contributed by atoms with van der Waals surface area (Å²) in [4.78, 5) is 19.5. The van der Waals surface area contributed by atoms with Gasteiger partial charge >= 0.3 is 0 Å². The maximum Gasteiger partial charge on any atom is 0.253 e. The lowest BCUT2D eigenvalue weighted by Crippen LogP contribution is -2.30. The quantitative estimate of drug-likeness (QED) is 0.487. The minimum Gasteiger partial charge on any atom is -0.493 e. The number of amides is 1. The van der Waals surface area contributed by atoms with E-state index in [0.717, 1.165) is 10.6 Å². The lowest BCUT2D eigenvalue weighted by atomic mass is 10.2. The third-order valence-electron chi connectivity index (χ3n) is 4.33.